The number of methoxy groups -OCH3 is 2. The molecule has 2 aromatic carbocycles. The second-order valence-corrected chi connectivity index (χ2v) is 7.14. The molecule has 2 unspecified atom stereocenters. The van der Waals surface area contributed by atoms with Gasteiger partial charge in [0, 0.05) is 12.7 Å². The van der Waals surface area contributed by atoms with Crippen molar-refractivity contribution in [1.29, 1.82) is 0 Å². The normalized spacial score (nSPS) is 13.0. The van der Waals surface area contributed by atoms with E-state index >= 15 is 0 Å². The molecule has 0 spiro atoms. The quantitative estimate of drug-likeness (QED) is 0.282. The zero-order valence-electron chi connectivity index (χ0n) is 18.3. The molecule has 0 bridgehead atoms. The van der Waals surface area contributed by atoms with E-state index in [0.717, 1.165) is 5.56 Å². The molecule has 0 aliphatic heterocycles. The number of ether oxygens (including phenoxy) is 4. The maximum absolute atomic E-state index is 10.8. The van der Waals surface area contributed by atoms with E-state index in [-0.39, 0.29) is 25.6 Å². The van der Waals surface area contributed by atoms with E-state index in [1.165, 1.54) is 20.3 Å². The Morgan fingerprint density at radius 2 is 1.50 bits per heavy atom. The van der Waals surface area contributed by atoms with Crippen LogP contribution in [0, 0.1) is 0 Å². The predicted molar refractivity (Wildman–Crippen MR) is 116 cm³/mol. The minimum atomic E-state index is -1.19. The van der Waals surface area contributed by atoms with Gasteiger partial charge >= 0.3 is 0 Å². The summed E-state index contributed by atoms with van der Waals surface area (Å²) in [7, 11) is 2.96. The molecule has 178 valence electrons. The largest absolute Gasteiger partial charge is 0.497 e. The van der Waals surface area contributed by atoms with Crippen molar-refractivity contribution in [2.45, 2.75) is 31.2 Å². The van der Waals surface area contributed by atoms with Gasteiger partial charge in [0.05, 0.1) is 34.0 Å². The Labute approximate surface area is 187 Å². The third kappa shape index (κ3) is 6.98. The van der Waals surface area contributed by atoms with Gasteiger partial charge in [-0.15, -0.1) is 0 Å². The number of benzene rings is 2. The molecule has 0 saturated carbocycles. The Balaban J connectivity index is 2.22. The van der Waals surface area contributed by atoms with Gasteiger partial charge in [-0.1, -0.05) is 6.07 Å². The summed E-state index contributed by atoms with van der Waals surface area (Å²) < 4.78 is 22.0. The zero-order chi connectivity index (χ0) is 23.5. The van der Waals surface area contributed by atoms with Crippen molar-refractivity contribution in [3.8, 4) is 23.0 Å². The molecule has 0 radical (unpaired) electrons. The Morgan fingerprint density at radius 1 is 0.781 bits per heavy atom. The maximum atomic E-state index is 10.8. The van der Waals surface area contributed by atoms with Crippen LogP contribution in [-0.4, -0.2) is 78.4 Å². The Morgan fingerprint density at radius 3 is 2.09 bits per heavy atom. The third-order valence-electron chi connectivity index (χ3n) is 4.85. The standard InChI is InChI=1S/C23H32O9/c1-29-17-8-15(4-3-7-24)9-18(11-17)31-22(14-27)23(28)16-5-6-20(21(10-16)30-2)32-19(12-25)13-26/h5-6,8-11,19,22-28H,3-4,7,12-14H2,1-2H3. The molecular formula is C23H32O9. The van der Waals surface area contributed by atoms with Crippen molar-refractivity contribution in [3.63, 3.8) is 0 Å². The minimum Gasteiger partial charge on any atom is -0.497 e. The van der Waals surface area contributed by atoms with Crippen LogP contribution in [-0.2, 0) is 6.42 Å². The highest BCUT2D eigenvalue weighted by Crippen LogP contribution is 2.33. The van der Waals surface area contributed by atoms with Crippen molar-refractivity contribution >= 4 is 0 Å². The summed E-state index contributed by atoms with van der Waals surface area (Å²) in [4.78, 5) is 0. The van der Waals surface area contributed by atoms with E-state index in [1.807, 2.05) is 6.07 Å². The minimum absolute atomic E-state index is 0.0598. The number of hydrogen-bond donors (Lipinski definition) is 5. The Hall–Kier alpha value is -2.56. The average molecular weight is 453 g/mol. The van der Waals surface area contributed by atoms with E-state index in [4.69, 9.17) is 24.1 Å². The number of hydrogen-bond acceptors (Lipinski definition) is 9. The highest BCUT2D eigenvalue weighted by Gasteiger charge is 2.24. The molecule has 32 heavy (non-hydrogen) atoms. The topological polar surface area (TPSA) is 138 Å². The van der Waals surface area contributed by atoms with Gasteiger partial charge < -0.3 is 44.5 Å². The molecule has 0 aliphatic carbocycles. The van der Waals surface area contributed by atoms with Crippen molar-refractivity contribution in [2.75, 3.05) is 40.6 Å². The smallest absolute Gasteiger partial charge is 0.161 e. The van der Waals surface area contributed by atoms with E-state index in [2.05, 4.69) is 0 Å². The third-order valence-corrected chi connectivity index (χ3v) is 4.85. The first-order chi connectivity index (χ1) is 15.5. The molecular weight excluding hydrogens is 420 g/mol. The first kappa shape index (κ1) is 25.7. The van der Waals surface area contributed by atoms with Crippen LogP contribution in [0.4, 0.5) is 0 Å². The second-order valence-electron chi connectivity index (χ2n) is 7.14. The van der Waals surface area contributed by atoms with Crippen LogP contribution in [0.25, 0.3) is 0 Å². The first-order valence-corrected chi connectivity index (χ1v) is 10.3. The molecule has 9 nitrogen and oxygen atoms in total. The fourth-order valence-electron chi connectivity index (χ4n) is 3.11. The van der Waals surface area contributed by atoms with Crippen LogP contribution < -0.4 is 18.9 Å². The summed E-state index contributed by atoms with van der Waals surface area (Å²) in [6, 6.07) is 9.92. The molecule has 0 fully saturated rings. The highest BCUT2D eigenvalue weighted by atomic mass is 16.5. The van der Waals surface area contributed by atoms with Crippen LogP contribution in [0.5, 0.6) is 23.0 Å². The zero-order valence-corrected chi connectivity index (χ0v) is 18.3. The summed E-state index contributed by atoms with van der Waals surface area (Å²) in [5.41, 5.74) is 1.31. The van der Waals surface area contributed by atoms with E-state index in [1.54, 1.807) is 24.3 Å². The van der Waals surface area contributed by atoms with Gasteiger partial charge in [0.2, 0.25) is 0 Å². The van der Waals surface area contributed by atoms with Gasteiger partial charge in [-0.25, -0.2) is 0 Å². The second kappa shape index (κ2) is 13.1. The van der Waals surface area contributed by atoms with Crippen LogP contribution in [0.3, 0.4) is 0 Å². The van der Waals surface area contributed by atoms with Crippen LogP contribution in [0.1, 0.15) is 23.7 Å². The van der Waals surface area contributed by atoms with Gasteiger partial charge in [0.1, 0.15) is 23.7 Å². The van der Waals surface area contributed by atoms with E-state index in [0.29, 0.717) is 35.7 Å². The van der Waals surface area contributed by atoms with Crippen LogP contribution >= 0.6 is 0 Å². The summed E-state index contributed by atoms with van der Waals surface area (Å²) >= 11 is 0. The van der Waals surface area contributed by atoms with Crippen molar-refractivity contribution in [2.24, 2.45) is 0 Å². The molecule has 9 heteroatoms. The van der Waals surface area contributed by atoms with Gasteiger partial charge in [-0.05, 0) is 48.2 Å². The summed E-state index contributed by atoms with van der Waals surface area (Å²) in [5, 5.41) is 48.2. The lowest BCUT2D eigenvalue weighted by Crippen LogP contribution is -2.29. The molecule has 0 saturated heterocycles. The summed E-state index contributed by atoms with van der Waals surface area (Å²) in [6.07, 6.45) is -1.77. The number of aryl methyl sites for hydroxylation is 1. The molecule has 0 amide bonds. The maximum Gasteiger partial charge on any atom is 0.161 e. The van der Waals surface area contributed by atoms with Crippen molar-refractivity contribution in [1.82, 2.24) is 0 Å². The van der Waals surface area contributed by atoms with Gasteiger partial charge in [-0.2, -0.15) is 0 Å². The van der Waals surface area contributed by atoms with Crippen LogP contribution in [0.2, 0.25) is 0 Å². The molecule has 0 heterocycles. The number of aliphatic hydroxyl groups excluding tert-OH is 5. The molecule has 5 N–H and O–H groups in total. The SMILES string of the molecule is COc1cc(CCCO)cc(OC(CO)C(O)c2ccc(OC(CO)CO)c(OC)c2)c1. The monoisotopic (exact) mass is 452 g/mol. The number of rotatable bonds is 14. The predicted octanol–water partition coefficient (Wildman–Crippen LogP) is 0.834. The molecule has 2 atom stereocenters. The molecule has 2 rings (SSSR count). The summed E-state index contributed by atoms with van der Waals surface area (Å²) in [6.45, 7) is -1.14. The lowest BCUT2D eigenvalue weighted by molar-refractivity contribution is 0.000455. The van der Waals surface area contributed by atoms with Gasteiger partial charge in [0.25, 0.3) is 0 Å². The van der Waals surface area contributed by atoms with E-state index in [9.17, 15) is 20.4 Å². The van der Waals surface area contributed by atoms with Crippen molar-refractivity contribution in [3.05, 3.63) is 47.5 Å². The summed E-state index contributed by atoms with van der Waals surface area (Å²) in [5.74, 6) is 1.56. The van der Waals surface area contributed by atoms with Crippen molar-refractivity contribution < 1.29 is 44.5 Å². The average Bonchev–Trinajstić information content (AvgIpc) is 2.83. The Bertz CT molecular complexity index is 823. The fraction of sp³-hybridized carbons (Fsp3) is 0.478. The lowest BCUT2D eigenvalue weighted by atomic mass is 10.0. The van der Waals surface area contributed by atoms with Crippen LogP contribution in [0.15, 0.2) is 36.4 Å². The fourth-order valence-corrected chi connectivity index (χ4v) is 3.11. The molecule has 0 aromatic heterocycles. The highest BCUT2D eigenvalue weighted by molar-refractivity contribution is 5.44. The number of aliphatic hydroxyl groups is 5. The lowest BCUT2D eigenvalue weighted by Gasteiger charge is -2.24. The molecule has 2 aromatic rings. The van der Waals surface area contributed by atoms with Gasteiger partial charge in [-0.3, -0.25) is 0 Å². The van der Waals surface area contributed by atoms with E-state index < -0.39 is 24.9 Å². The first-order valence-electron chi connectivity index (χ1n) is 10.3. The Kier molecular flexibility index (Phi) is 10.5. The van der Waals surface area contributed by atoms with Gasteiger partial charge in [0.15, 0.2) is 17.6 Å². The molecule has 0 aliphatic rings.